The van der Waals surface area contributed by atoms with E-state index in [1.165, 1.54) is 82.4 Å². The fraction of sp³-hybridized carbons (Fsp3) is 0.700. The van der Waals surface area contributed by atoms with Crippen molar-refractivity contribution in [1.29, 1.82) is 0 Å². The van der Waals surface area contributed by atoms with Crippen molar-refractivity contribution in [2.45, 2.75) is 84.0 Å². The first-order chi connectivity index (χ1) is 12.5. The molecule has 26 heavy (non-hydrogen) atoms. The number of rotatable bonds is 13. The smallest absolute Gasteiger partial charge is 0.272 e. The summed E-state index contributed by atoms with van der Waals surface area (Å²) in [6.45, 7) is 2.28. The highest BCUT2D eigenvalue weighted by Gasteiger charge is 2.08. The molecular formula is C20H33BrFNO3. The Hall–Kier alpha value is -1.17. The van der Waals surface area contributed by atoms with Crippen LogP contribution in [-0.2, 0) is 0 Å². The van der Waals surface area contributed by atoms with E-state index in [2.05, 4.69) is 22.9 Å². The molecule has 0 bridgehead atoms. The fourth-order valence-corrected chi connectivity index (χ4v) is 2.94. The molecule has 0 saturated heterocycles. The Morgan fingerprint density at radius 2 is 1.42 bits per heavy atom. The maximum absolute atomic E-state index is 12.4. The van der Waals surface area contributed by atoms with Gasteiger partial charge in [-0.1, -0.05) is 93.5 Å². The number of halogens is 2. The van der Waals surface area contributed by atoms with Crippen LogP contribution in [0.5, 0.6) is 5.75 Å². The number of nitro groups is 1. The van der Waals surface area contributed by atoms with Crippen LogP contribution in [0.25, 0.3) is 0 Å². The molecule has 0 aliphatic heterocycles. The van der Waals surface area contributed by atoms with E-state index in [1.807, 2.05) is 0 Å². The lowest BCUT2D eigenvalue weighted by Crippen LogP contribution is -1.88. The summed E-state index contributed by atoms with van der Waals surface area (Å²) in [7, 11) is 0. The third kappa shape index (κ3) is 14.0. The predicted molar refractivity (Wildman–Crippen MR) is 110 cm³/mol. The maximum Gasteiger partial charge on any atom is 0.272 e. The first kappa shape index (κ1) is 24.8. The molecule has 1 aromatic rings. The lowest BCUT2D eigenvalue weighted by atomic mass is 10.1. The Morgan fingerprint density at radius 3 is 1.81 bits per heavy atom. The summed E-state index contributed by atoms with van der Waals surface area (Å²) in [5, 5.41) is 19.8. The van der Waals surface area contributed by atoms with Crippen molar-refractivity contribution >= 4 is 21.6 Å². The summed E-state index contributed by atoms with van der Waals surface area (Å²) in [6.07, 6.45) is 17.3. The van der Waals surface area contributed by atoms with Gasteiger partial charge in [-0.3, -0.25) is 10.1 Å². The van der Waals surface area contributed by atoms with E-state index in [1.54, 1.807) is 0 Å². The SMILES string of the molecule is CCCCCCCCCCCCCCBr.O=[N+]([O-])c1ccc(O)c(F)c1. The van der Waals surface area contributed by atoms with Crippen LogP contribution in [0.15, 0.2) is 18.2 Å². The number of aromatic hydroxyl groups is 1. The quantitative estimate of drug-likeness (QED) is 0.151. The van der Waals surface area contributed by atoms with E-state index >= 15 is 0 Å². The minimum absolute atomic E-state index is 0.375. The predicted octanol–water partition coefficient (Wildman–Crippen LogP) is 7.52. The van der Waals surface area contributed by atoms with Gasteiger partial charge >= 0.3 is 0 Å². The van der Waals surface area contributed by atoms with Crippen LogP contribution in [0.1, 0.15) is 84.0 Å². The molecule has 0 aliphatic carbocycles. The van der Waals surface area contributed by atoms with Crippen LogP contribution in [0, 0.1) is 15.9 Å². The standard InChI is InChI=1S/C14H29Br.C6H4FNO3/c1-2-3-4-5-6-7-8-9-10-11-12-13-14-15;7-5-3-4(8(10)11)1-2-6(5)9/h2-14H2,1H3;1-3,9H. The zero-order valence-electron chi connectivity index (χ0n) is 15.9. The third-order valence-electron chi connectivity index (χ3n) is 4.13. The van der Waals surface area contributed by atoms with Gasteiger partial charge in [-0.25, -0.2) is 4.39 Å². The molecule has 1 aromatic carbocycles. The van der Waals surface area contributed by atoms with Crippen LogP contribution < -0.4 is 0 Å². The molecule has 0 heterocycles. The van der Waals surface area contributed by atoms with Gasteiger partial charge in [-0.2, -0.15) is 0 Å². The molecule has 1 rings (SSSR count). The van der Waals surface area contributed by atoms with E-state index in [-0.39, 0.29) is 5.69 Å². The normalized spacial score (nSPS) is 10.3. The first-order valence-electron chi connectivity index (χ1n) is 9.71. The van der Waals surface area contributed by atoms with Gasteiger partial charge in [0.25, 0.3) is 5.69 Å². The number of nitro benzene ring substituents is 1. The third-order valence-corrected chi connectivity index (χ3v) is 4.69. The molecule has 0 radical (unpaired) electrons. The highest BCUT2D eigenvalue weighted by Crippen LogP contribution is 2.20. The molecule has 0 saturated carbocycles. The average molecular weight is 434 g/mol. The van der Waals surface area contributed by atoms with Crippen molar-refractivity contribution < 1.29 is 14.4 Å². The van der Waals surface area contributed by atoms with Crippen LogP contribution in [0.4, 0.5) is 10.1 Å². The van der Waals surface area contributed by atoms with Crippen molar-refractivity contribution in [3.63, 3.8) is 0 Å². The Bertz CT molecular complexity index is 474. The van der Waals surface area contributed by atoms with Gasteiger partial charge in [0.1, 0.15) is 0 Å². The molecule has 150 valence electrons. The molecule has 0 atom stereocenters. The number of benzene rings is 1. The van der Waals surface area contributed by atoms with Crippen molar-refractivity contribution in [2.75, 3.05) is 5.33 Å². The van der Waals surface area contributed by atoms with Gasteiger partial charge in [0, 0.05) is 11.4 Å². The average Bonchev–Trinajstić information content (AvgIpc) is 2.62. The minimum Gasteiger partial charge on any atom is -0.505 e. The van der Waals surface area contributed by atoms with E-state index in [0.29, 0.717) is 6.07 Å². The van der Waals surface area contributed by atoms with Crippen LogP contribution in [0.2, 0.25) is 0 Å². The summed E-state index contributed by atoms with van der Waals surface area (Å²) >= 11 is 3.47. The van der Waals surface area contributed by atoms with Crippen LogP contribution in [-0.4, -0.2) is 15.4 Å². The summed E-state index contributed by atoms with van der Waals surface area (Å²) in [5.74, 6) is -1.57. The lowest BCUT2D eigenvalue weighted by Gasteiger charge is -2.01. The highest BCUT2D eigenvalue weighted by molar-refractivity contribution is 9.09. The van der Waals surface area contributed by atoms with Gasteiger partial charge < -0.3 is 5.11 Å². The number of hydrogen-bond acceptors (Lipinski definition) is 3. The highest BCUT2D eigenvalue weighted by atomic mass is 79.9. The fourth-order valence-electron chi connectivity index (χ4n) is 2.54. The molecular weight excluding hydrogens is 401 g/mol. The second kappa shape index (κ2) is 17.3. The Morgan fingerprint density at radius 1 is 0.962 bits per heavy atom. The molecule has 6 heteroatoms. The Labute approximate surface area is 165 Å². The largest absolute Gasteiger partial charge is 0.505 e. The van der Waals surface area contributed by atoms with Gasteiger partial charge in [-0.05, 0) is 12.5 Å². The summed E-state index contributed by atoms with van der Waals surface area (Å²) in [5.41, 5.74) is -0.375. The van der Waals surface area contributed by atoms with Gasteiger partial charge in [0.15, 0.2) is 11.6 Å². The second-order valence-corrected chi connectivity index (χ2v) is 7.26. The number of nitrogens with zero attached hydrogens (tertiary/aromatic N) is 1. The number of alkyl halides is 1. The Balaban J connectivity index is 0.000000502. The molecule has 0 aliphatic rings. The monoisotopic (exact) mass is 433 g/mol. The molecule has 0 amide bonds. The summed E-state index contributed by atoms with van der Waals surface area (Å²) in [6, 6.07) is 2.63. The molecule has 4 nitrogen and oxygen atoms in total. The maximum atomic E-state index is 12.4. The van der Waals surface area contributed by atoms with Crippen LogP contribution >= 0.6 is 15.9 Å². The van der Waals surface area contributed by atoms with Crippen molar-refractivity contribution in [3.8, 4) is 5.75 Å². The van der Waals surface area contributed by atoms with E-state index in [9.17, 15) is 14.5 Å². The number of phenols is 1. The summed E-state index contributed by atoms with van der Waals surface area (Å²) < 4.78 is 12.4. The molecule has 0 aromatic heterocycles. The van der Waals surface area contributed by atoms with Crippen molar-refractivity contribution in [3.05, 3.63) is 34.1 Å². The molecule has 0 fully saturated rings. The van der Waals surface area contributed by atoms with Gasteiger partial charge in [-0.15, -0.1) is 0 Å². The van der Waals surface area contributed by atoms with Crippen molar-refractivity contribution in [1.82, 2.24) is 0 Å². The van der Waals surface area contributed by atoms with Crippen LogP contribution in [0.3, 0.4) is 0 Å². The Kier molecular flexibility index (Phi) is 16.5. The molecule has 1 N–H and O–H groups in total. The first-order valence-corrected chi connectivity index (χ1v) is 10.8. The van der Waals surface area contributed by atoms with Gasteiger partial charge in [0.05, 0.1) is 11.0 Å². The summed E-state index contributed by atoms with van der Waals surface area (Å²) in [4.78, 5) is 9.29. The van der Waals surface area contributed by atoms with Crippen molar-refractivity contribution in [2.24, 2.45) is 0 Å². The van der Waals surface area contributed by atoms with Gasteiger partial charge in [0.2, 0.25) is 0 Å². The van der Waals surface area contributed by atoms with E-state index < -0.39 is 16.5 Å². The lowest BCUT2D eigenvalue weighted by molar-refractivity contribution is -0.385. The number of non-ortho nitro benzene ring substituents is 1. The topological polar surface area (TPSA) is 63.4 Å². The minimum atomic E-state index is -0.987. The number of hydrogen-bond donors (Lipinski definition) is 1. The zero-order valence-corrected chi connectivity index (χ0v) is 17.5. The number of phenolic OH excluding ortho intramolecular Hbond substituents is 1. The van der Waals surface area contributed by atoms with E-state index in [0.717, 1.165) is 12.1 Å². The molecule has 0 unspecified atom stereocenters. The van der Waals surface area contributed by atoms with E-state index in [4.69, 9.17) is 5.11 Å². The second-order valence-electron chi connectivity index (χ2n) is 6.47. The molecule has 0 spiro atoms. The number of unbranched alkanes of at least 4 members (excludes halogenated alkanes) is 11. The zero-order chi connectivity index (χ0) is 19.6.